The molecule has 0 unspecified atom stereocenters. The van der Waals surface area contributed by atoms with Gasteiger partial charge in [0, 0.05) is 16.8 Å². The Bertz CT molecular complexity index is 483. The second-order valence-corrected chi connectivity index (χ2v) is 4.14. The maximum atomic E-state index is 10.9. The van der Waals surface area contributed by atoms with Crippen LogP contribution in [0.4, 0.5) is 5.69 Å². The number of thiophene rings is 1. The molecule has 6 heteroatoms. The van der Waals surface area contributed by atoms with Crippen molar-refractivity contribution in [2.24, 2.45) is 5.73 Å². The van der Waals surface area contributed by atoms with Crippen molar-refractivity contribution in [2.45, 2.75) is 6.54 Å². The van der Waals surface area contributed by atoms with Crippen LogP contribution in [0, 0.1) is 0 Å². The van der Waals surface area contributed by atoms with Crippen LogP contribution in [0.3, 0.4) is 0 Å². The number of rotatable bonds is 4. The molecule has 3 N–H and O–H groups in total. The topological polar surface area (TPSA) is 80.9 Å². The van der Waals surface area contributed by atoms with Crippen molar-refractivity contribution >= 4 is 22.9 Å². The van der Waals surface area contributed by atoms with Gasteiger partial charge in [0.05, 0.1) is 23.6 Å². The summed E-state index contributed by atoms with van der Waals surface area (Å²) in [6.07, 6.45) is 4.85. The second-order valence-electron chi connectivity index (χ2n) is 3.15. The monoisotopic (exact) mass is 234 g/mol. The Labute approximate surface area is 96.3 Å². The zero-order valence-corrected chi connectivity index (χ0v) is 9.20. The molecule has 5 nitrogen and oxygen atoms in total. The molecule has 16 heavy (non-hydrogen) atoms. The summed E-state index contributed by atoms with van der Waals surface area (Å²) in [6, 6.07) is 1.78. The minimum absolute atomic E-state index is 0.398. The van der Waals surface area contributed by atoms with Gasteiger partial charge < -0.3 is 11.1 Å². The summed E-state index contributed by atoms with van der Waals surface area (Å²) in [4.78, 5) is 19.7. The van der Waals surface area contributed by atoms with Gasteiger partial charge in [-0.2, -0.15) is 0 Å². The van der Waals surface area contributed by atoms with Gasteiger partial charge >= 0.3 is 0 Å². The summed E-state index contributed by atoms with van der Waals surface area (Å²) in [5, 5.41) is 4.90. The Balaban J connectivity index is 1.97. The van der Waals surface area contributed by atoms with Crippen molar-refractivity contribution in [2.75, 3.05) is 5.32 Å². The summed E-state index contributed by atoms with van der Waals surface area (Å²) in [5.41, 5.74) is 6.55. The number of amides is 1. The molecule has 0 saturated carbocycles. The van der Waals surface area contributed by atoms with Crippen LogP contribution in [0.5, 0.6) is 0 Å². The average molecular weight is 234 g/mol. The summed E-state index contributed by atoms with van der Waals surface area (Å²) >= 11 is 1.49. The molecule has 0 saturated heterocycles. The molecule has 82 valence electrons. The Hall–Kier alpha value is -1.95. The Kier molecular flexibility index (Phi) is 3.11. The van der Waals surface area contributed by atoms with Gasteiger partial charge in [-0.15, -0.1) is 11.3 Å². The number of nitrogens with zero attached hydrogens (tertiary/aromatic N) is 2. The smallest absolute Gasteiger partial charge is 0.249 e. The molecule has 0 radical (unpaired) electrons. The van der Waals surface area contributed by atoms with Gasteiger partial charge in [-0.3, -0.25) is 4.79 Å². The van der Waals surface area contributed by atoms with Crippen LogP contribution in [0.1, 0.15) is 15.2 Å². The minimum Gasteiger partial charge on any atom is -0.378 e. The SMILES string of the molecule is NC(=O)c1csc(CNc2cncnc2)c1. The van der Waals surface area contributed by atoms with Gasteiger partial charge in [0.15, 0.2) is 0 Å². The van der Waals surface area contributed by atoms with Crippen LogP contribution in [-0.2, 0) is 6.54 Å². The minimum atomic E-state index is -0.398. The lowest BCUT2D eigenvalue weighted by atomic mass is 10.3. The molecule has 0 aromatic carbocycles. The molecule has 1 amide bonds. The van der Waals surface area contributed by atoms with Crippen molar-refractivity contribution < 1.29 is 4.79 Å². The quantitative estimate of drug-likeness (QED) is 0.834. The van der Waals surface area contributed by atoms with Gasteiger partial charge in [0.1, 0.15) is 6.33 Å². The molecule has 2 aromatic heterocycles. The number of aromatic nitrogens is 2. The molecule has 0 spiro atoms. The number of anilines is 1. The standard InChI is InChI=1S/C10H10N4OS/c11-10(15)7-1-9(16-5-7)4-14-8-2-12-6-13-3-8/h1-3,5-6,14H,4H2,(H2,11,15). The lowest BCUT2D eigenvalue weighted by molar-refractivity contribution is 0.100. The molecule has 0 bridgehead atoms. The maximum absolute atomic E-state index is 10.9. The number of primary amides is 1. The Morgan fingerprint density at radius 3 is 2.81 bits per heavy atom. The van der Waals surface area contributed by atoms with Crippen LogP contribution in [0.15, 0.2) is 30.2 Å². The summed E-state index contributed by atoms with van der Waals surface area (Å²) < 4.78 is 0. The number of carbonyl (C=O) groups is 1. The third-order valence-corrected chi connectivity index (χ3v) is 2.90. The molecule has 2 heterocycles. The lowest BCUT2D eigenvalue weighted by Crippen LogP contribution is -2.09. The molecule has 0 atom stereocenters. The Morgan fingerprint density at radius 1 is 1.44 bits per heavy atom. The number of hydrogen-bond donors (Lipinski definition) is 2. The van der Waals surface area contributed by atoms with Crippen molar-refractivity contribution in [1.82, 2.24) is 9.97 Å². The fourth-order valence-corrected chi connectivity index (χ4v) is 2.00. The molecule has 0 fully saturated rings. The van der Waals surface area contributed by atoms with Crippen LogP contribution >= 0.6 is 11.3 Å². The van der Waals surface area contributed by atoms with E-state index in [1.807, 2.05) is 0 Å². The lowest BCUT2D eigenvalue weighted by Gasteiger charge is -2.01. The highest BCUT2D eigenvalue weighted by Crippen LogP contribution is 2.15. The van der Waals surface area contributed by atoms with Gasteiger partial charge in [-0.05, 0) is 6.07 Å². The van der Waals surface area contributed by atoms with E-state index in [-0.39, 0.29) is 0 Å². The van der Waals surface area contributed by atoms with Crippen molar-refractivity contribution in [3.05, 3.63) is 40.6 Å². The van der Waals surface area contributed by atoms with E-state index in [1.165, 1.54) is 17.7 Å². The zero-order chi connectivity index (χ0) is 11.4. The van der Waals surface area contributed by atoms with Crippen molar-refractivity contribution in [1.29, 1.82) is 0 Å². The second kappa shape index (κ2) is 4.71. The van der Waals surface area contributed by atoms with Crippen LogP contribution < -0.4 is 11.1 Å². The molecular weight excluding hydrogens is 224 g/mol. The largest absolute Gasteiger partial charge is 0.378 e. The zero-order valence-electron chi connectivity index (χ0n) is 8.38. The highest BCUT2D eigenvalue weighted by Gasteiger charge is 2.04. The van der Waals surface area contributed by atoms with Crippen molar-refractivity contribution in [3.8, 4) is 0 Å². The first kappa shape index (κ1) is 10.6. The fraction of sp³-hybridized carbons (Fsp3) is 0.100. The van der Waals surface area contributed by atoms with Gasteiger partial charge in [-0.25, -0.2) is 9.97 Å². The van der Waals surface area contributed by atoms with Crippen molar-refractivity contribution in [3.63, 3.8) is 0 Å². The van der Waals surface area contributed by atoms with E-state index >= 15 is 0 Å². The third-order valence-electron chi connectivity index (χ3n) is 1.97. The number of nitrogens with two attached hydrogens (primary N) is 1. The predicted molar refractivity (Wildman–Crippen MR) is 62.2 cm³/mol. The molecule has 0 aliphatic rings. The highest BCUT2D eigenvalue weighted by molar-refractivity contribution is 7.10. The van der Waals surface area contributed by atoms with E-state index in [2.05, 4.69) is 15.3 Å². The van der Waals surface area contributed by atoms with E-state index in [9.17, 15) is 4.79 Å². The third kappa shape index (κ3) is 2.54. The first-order valence-corrected chi connectivity index (χ1v) is 5.50. The number of carbonyl (C=O) groups excluding carboxylic acids is 1. The summed E-state index contributed by atoms with van der Waals surface area (Å²) in [7, 11) is 0. The van der Waals surface area contributed by atoms with E-state index in [0.29, 0.717) is 12.1 Å². The van der Waals surface area contributed by atoms with Crippen LogP contribution in [-0.4, -0.2) is 15.9 Å². The molecular formula is C10H10N4OS. The van der Waals surface area contributed by atoms with E-state index < -0.39 is 5.91 Å². The summed E-state index contributed by atoms with van der Waals surface area (Å²) in [6.45, 7) is 0.630. The molecule has 0 aliphatic carbocycles. The molecule has 2 aromatic rings. The Morgan fingerprint density at radius 2 is 2.19 bits per heavy atom. The van der Waals surface area contributed by atoms with Crippen LogP contribution in [0.2, 0.25) is 0 Å². The van der Waals surface area contributed by atoms with Gasteiger partial charge in [-0.1, -0.05) is 0 Å². The van der Waals surface area contributed by atoms with Gasteiger partial charge in [0.2, 0.25) is 5.91 Å². The van der Waals surface area contributed by atoms with Gasteiger partial charge in [0.25, 0.3) is 0 Å². The van der Waals surface area contributed by atoms with E-state index in [1.54, 1.807) is 23.8 Å². The normalized spacial score (nSPS) is 10.0. The highest BCUT2D eigenvalue weighted by atomic mass is 32.1. The van der Waals surface area contributed by atoms with E-state index in [4.69, 9.17) is 5.73 Å². The molecule has 0 aliphatic heterocycles. The predicted octanol–water partition coefficient (Wildman–Crippen LogP) is 1.25. The molecule has 2 rings (SSSR count). The summed E-state index contributed by atoms with van der Waals surface area (Å²) in [5.74, 6) is -0.398. The fourth-order valence-electron chi connectivity index (χ4n) is 1.18. The number of nitrogens with one attached hydrogen (secondary N) is 1. The van der Waals surface area contributed by atoms with Crippen LogP contribution in [0.25, 0.3) is 0 Å². The van der Waals surface area contributed by atoms with E-state index in [0.717, 1.165) is 10.6 Å². The first-order valence-electron chi connectivity index (χ1n) is 4.62. The first-order chi connectivity index (χ1) is 7.75. The number of hydrogen-bond acceptors (Lipinski definition) is 5. The maximum Gasteiger partial charge on any atom is 0.249 e. The average Bonchev–Trinajstić information content (AvgIpc) is 2.76.